The molecule has 1 aliphatic carbocycles. The van der Waals surface area contributed by atoms with Crippen molar-refractivity contribution in [3.8, 4) is 5.75 Å². The fourth-order valence-corrected chi connectivity index (χ4v) is 4.32. The Hall–Kier alpha value is -2.88. The predicted octanol–water partition coefficient (Wildman–Crippen LogP) is 5.17. The van der Waals surface area contributed by atoms with Crippen molar-refractivity contribution in [2.75, 3.05) is 0 Å². The summed E-state index contributed by atoms with van der Waals surface area (Å²) in [5.41, 5.74) is 0.777. The molecule has 1 fully saturated rings. The molecule has 0 saturated heterocycles. The van der Waals surface area contributed by atoms with Crippen LogP contribution in [0, 0.1) is 5.92 Å². The third-order valence-corrected chi connectivity index (χ3v) is 5.84. The van der Waals surface area contributed by atoms with E-state index in [-0.39, 0.29) is 29.4 Å². The third-order valence-electron chi connectivity index (χ3n) is 5.84. The molecule has 0 amide bonds. The summed E-state index contributed by atoms with van der Waals surface area (Å²) in [4.78, 5) is 25.8. The van der Waals surface area contributed by atoms with Crippen molar-refractivity contribution in [3.05, 3.63) is 76.1 Å². The van der Waals surface area contributed by atoms with Crippen molar-refractivity contribution in [1.82, 2.24) is 0 Å². The average Bonchev–Trinajstić information content (AvgIpc) is 2.74. The second-order valence-corrected chi connectivity index (χ2v) is 7.62. The van der Waals surface area contributed by atoms with Gasteiger partial charge in [-0.2, -0.15) is 0 Å². The minimum atomic E-state index is -0.582. The maximum absolute atomic E-state index is 13.0. The van der Waals surface area contributed by atoms with Crippen LogP contribution in [0.25, 0.3) is 11.0 Å². The smallest absolute Gasteiger partial charge is 0.343 e. The van der Waals surface area contributed by atoms with Crippen molar-refractivity contribution < 1.29 is 14.3 Å². The molecule has 0 radical (unpaired) electrons. The molecule has 4 heteroatoms. The molecule has 0 unspecified atom stereocenters. The summed E-state index contributed by atoms with van der Waals surface area (Å²) in [6.45, 7) is 0. The lowest BCUT2D eigenvalue weighted by Crippen LogP contribution is -2.23. The molecule has 1 heterocycles. The number of rotatable bonds is 5. The van der Waals surface area contributed by atoms with E-state index in [1.54, 1.807) is 24.3 Å². The van der Waals surface area contributed by atoms with Gasteiger partial charge in [-0.1, -0.05) is 61.7 Å². The molecular formula is C24H24O4. The fourth-order valence-electron chi connectivity index (χ4n) is 4.32. The molecule has 1 N–H and O–H groups in total. The quantitative estimate of drug-likeness (QED) is 0.624. The maximum atomic E-state index is 13.0. The van der Waals surface area contributed by atoms with Crippen LogP contribution in [-0.4, -0.2) is 10.9 Å². The van der Waals surface area contributed by atoms with Crippen LogP contribution in [0.3, 0.4) is 0 Å². The number of fused-ring (bicyclic) bond motifs is 1. The molecular weight excluding hydrogens is 352 g/mol. The summed E-state index contributed by atoms with van der Waals surface area (Å²) in [5, 5.41) is 11.4. The predicted molar refractivity (Wildman–Crippen MR) is 109 cm³/mol. The highest BCUT2D eigenvalue weighted by Crippen LogP contribution is 2.37. The van der Waals surface area contributed by atoms with Gasteiger partial charge in [-0.25, -0.2) is 4.79 Å². The van der Waals surface area contributed by atoms with Gasteiger partial charge in [-0.15, -0.1) is 0 Å². The van der Waals surface area contributed by atoms with E-state index in [0.29, 0.717) is 11.0 Å². The molecule has 4 rings (SSSR count). The molecule has 3 aromatic rings. The second kappa shape index (κ2) is 8.01. The number of hydrogen-bond acceptors (Lipinski definition) is 4. The van der Waals surface area contributed by atoms with Crippen molar-refractivity contribution in [2.45, 2.75) is 44.4 Å². The third kappa shape index (κ3) is 3.59. The summed E-state index contributed by atoms with van der Waals surface area (Å²) in [5.74, 6) is -0.385. The number of benzene rings is 2. The first-order valence-electron chi connectivity index (χ1n) is 9.97. The van der Waals surface area contributed by atoms with Gasteiger partial charge in [-0.3, -0.25) is 4.79 Å². The van der Waals surface area contributed by atoms with Gasteiger partial charge in [0.1, 0.15) is 17.1 Å². The number of hydrogen-bond donors (Lipinski definition) is 1. The van der Waals surface area contributed by atoms with E-state index in [1.807, 2.05) is 30.3 Å². The van der Waals surface area contributed by atoms with Gasteiger partial charge in [0, 0.05) is 18.3 Å². The summed E-state index contributed by atoms with van der Waals surface area (Å²) in [6, 6.07) is 16.4. The normalized spacial score (nSPS) is 16.1. The summed E-state index contributed by atoms with van der Waals surface area (Å²) >= 11 is 0. The molecule has 1 aromatic heterocycles. The zero-order valence-corrected chi connectivity index (χ0v) is 15.8. The van der Waals surface area contributed by atoms with E-state index in [4.69, 9.17) is 4.42 Å². The van der Waals surface area contributed by atoms with Crippen LogP contribution < -0.4 is 5.63 Å². The van der Waals surface area contributed by atoms with E-state index < -0.39 is 11.5 Å². The van der Waals surface area contributed by atoms with Crippen molar-refractivity contribution in [2.24, 2.45) is 5.92 Å². The number of ketones is 1. The van der Waals surface area contributed by atoms with Crippen LogP contribution >= 0.6 is 0 Å². The van der Waals surface area contributed by atoms with Crippen molar-refractivity contribution >= 4 is 16.8 Å². The molecule has 28 heavy (non-hydrogen) atoms. The number of carbonyl (C=O) groups excluding carboxylic acids is 1. The molecule has 0 bridgehead atoms. The van der Waals surface area contributed by atoms with Crippen LogP contribution in [0.2, 0.25) is 0 Å². The monoisotopic (exact) mass is 376 g/mol. The van der Waals surface area contributed by atoms with E-state index >= 15 is 0 Å². The van der Waals surface area contributed by atoms with E-state index in [0.717, 1.165) is 31.2 Å². The lowest BCUT2D eigenvalue weighted by Gasteiger charge is -2.24. The van der Waals surface area contributed by atoms with Crippen molar-refractivity contribution in [3.63, 3.8) is 0 Å². The van der Waals surface area contributed by atoms with Gasteiger partial charge < -0.3 is 9.52 Å². The fraction of sp³-hybridized carbons (Fsp3) is 0.333. The first kappa shape index (κ1) is 18.5. The lowest BCUT2D eigenvalue weighted by molar-refractivity contribution is -0.124. The number of carbonyl (C=O) groups is 1. The Balaban J connectivity index is 1.79. The van der Waals surface area contributed by atoms with E-state index in [2.05, 4.69) is 0 Å². The Bertz CT molecular complexity index is 1030. The minimum Gasteiger partial charge on any atom is -0.507 e. The Kier molecular flexibility index (Phi) is 5.29. The highest BCUT2D eigenvalue weighted by atomic mass is 16.4. The Morgan fingerprint density at radius 3 is 2.43 bits per heavy atom. The van der Waals surface area contributed by atoms with Crippen LogP contribution in [0.15, 0.2) is 63.8 Å². The summed E-state index contributed by atoms with van der Waals surface area (Å²) < 4.78 is 5.48. The standard InChI is InChI=1S/C24H24O4/c25-20(17-11-5-2-6-12-17)15-19(16-9-3-1-4-10-16)22-23(26)18-13-7-8-14-21(18)28-24(22)27/h1,3-4,7-10,13-14,17,19,26H,2,5-6,11-12,15H2/t19-/m1/s1. The molecule has 1 atom stereocenters. The molecule has 0 aliphatic heterocycles. The first-order valence-corrected chi connectivity index (χ1v) is 9.97. The average molecular weight is 376 g/mol. The van der Waals surface area contributed by atoms with Gasteiger partial charge in [-0.05, 0) is 30.5 Å². The second-order valence-electron chi connectivity index (χ2n) is 7.62. The van der Waals surface area contributed by atoms with E-state index in [9.17, 15) is 14.7 Å². The largest absolute Gasteiger partial charge is 0.507 e. The number of aromatic hydroxyl groups is 1. The summed E-state index contributed by atoms with van der Waals surface area (Å²) in [6.07, 6.45) is 5.37. The lowest BCUT2D eigenvalue weighted by atomic mass is 9.79. The highest BCUT2D eigenvalue weighted by molar-refractivity contribution is 5.86. The van der Waals surface area contributed by atoms with Crippen LogP contribution in [0.4, 0.5) is 0 Å². The zero-order valence-electron chi connectivity index (χ0n) is 15.8. The highest BCUT2D eigenvalue weighted by Gasteiger charge is 2.30. The summed E-state index contributed by atoms with van der Waals surface area (Å²) in [7, 11) is 0. The van der Waals surface area contributed by atoms with Crippen LogP contribution in [0.5, 0.6) is 5.75 Å². The minimum absolute atomic E-state index is 0.0506. The van der Waals surface area contributed by atoms with E-state index in [1.165, 1.54) is 6.42 Å². The SMILES string of the molecule is O=C(C[C@H](c1ccccc1)c1c(O)c2ccccc2oc1=O)C1CCCCC1. The first-order chi connectivity index (χ1) is 13.6. The van der Waals surface area contributed by atoms with Gasteiger partial charge in [0.15, 0.2) is 0 Å². The number of Topliss-reactive ketones (excluding diaryl/α,β-unsaturated/α-hetero) is 1. The molecule has 0 spiro atoms. The molecule has 144 valence electrons. The zero-order chi connectivity index (χ0) is 19.5. The van der Waals surface area contributed by atoms with Gasteiger partial charge in [0.25, 0.3) is 0 Å². The van der Waals surface area contributed by atoms with Gasteiger partial charge in [0.05, 0.1) is 10.9 Å². The topological polar surface area (TPSA) is 67.5 Å². The molecule has 2 aromatic carbocycles. The number of para-hydroxylation sites is 1. The van der Waals surface area contributed by atoms with Gasteiger partial charge >= 0.3 is 5.63 Å². The van der Waals surface area contributed by atoms with Crippen molar-refractivity contribution in [1.29, 1.82) is 0 Å². The molecule has 1 saturated carbocycles. The molecule has 1 aliphatic rings. The maximum Gasteiger partial charge on any atom is 0.343 e. The van der Waals surface area contributed by atoms with Crippen LogP contribution in [0.1, 0.15) is 55.6 Å². The Morgan fingerprint density at radius 1 is 1.00 bits per heavy atom. The Labute approximate surface area is 163 Å². The van der Waals surface area contributed by atoms with Crippen LogP contribution in [-0.2, 0) is 4.79 Å². The molecule has 4 nitrogen and oxygen atoms in total. The Morgan fingerprint density at radius 2 is 1.68 bits per heavy atom. The van der Waals surface area contributed by atoms with Gasteiger partial charge in [0.2, 0.25) is 0 Å².